The van der Waals surface area contributed by atoms with Crippen molar-refractivity contribution in [2.45, 2.75) is 18.4 Å². The van der Waals surface area contributed by atoms with Crippen molar-refractivity contribution >= 4 is 17.6 Å². The molecule has 1 aliphatic heterocycles. The van der Waals surface area contributed by atoms with E-state index in [4.69, 9.17) is 0 Å². The topological polar surface area (TPSA) is 85.2 Å². The summed E-state index contributed by atoms with van der Waals surface area (Å²) in [5.74, 6) is -0.502. The molecule has 1 amide bonds. The molecule has 0 atom stereocenters. The fraction of sp³-hybridized carbons (Fsp3) is 0.353. The standard InChI is InChI=1S/C17H20N4O3/c1-24-15(22)13-3-5-14(6-4-13)20-16(23)17(7-10-18-11-8-17)21-12-2-9-19-21/h2-6,9,12,18H,7-8,10-11H2,1H3,(H,20,23). The molecule has 0 saturated carbocycles. The number of piperidine rings is 1. The lowest BCUT2D eigenvalue weighted by molar-refractivity contribution is -0.126. The van der Waals surface area contributed by atoms with Gasteiger partial charge in [-0.2, -0.15) is 5.10 Å². The highest BCUT2D eigenvalue weighted by Crippen LogP contribution is 2.28. The molecule has 7 nitrogen and oxygen atoms in total. The number of nitrogens with one attached hydrogen (secondary N) is 2. The quantitative estimate of drug-likeness (QED) is 0.829. The first-order valence-corrected chi connectivity index (χ1v) is 7.86. The van der Waals surface area contributed by atoms with E-state index in [0.29, 0.717) is 24.1 Å². The summed E-state index contributed by atoms with van der Waals surface area (Å²) < 4.78 is 6.41. The predicted octanol–water partition coefficient (Wildman–Crippen LogP) is 1.39. The minimum absolute atomic E-state index is 0.0986. The Kier molecular flexibility index (Phi) is 4.61. The van der Waals surface area contributed by atoms with Crippen LogP contribution in [0.1, 0.15) is 23.2 Å². The Balaban J connectivity index is 1.80. The molecule has 2 aromatic rings. The Morgan fingerprint density at radius 3 is 2.54 bits per heavy atom. The zero-order chi connectivity index (χ0) is 17.0. The Morgan fingerprint density at radius 1 is 1.25 bits per heavy atom. The van der Waals surface area contributed by atoms with E-state index in [-0.39, 0.29) is 5.91 Å². The molecule has 24 heavy (non-hydrogen) atoms. The van der Waals surface area contributed by atoms with Gasteiger partial charge in [-0.25, -0.2) is 4.79 Å². The monoisotopic (exact) mass is 328 g/mol. The molecule has 0 unspecified atom stereocenters. The Labute approximate surface area is 140 Å². The fourth-order valence-electron chi connectivity index (χ4n) is 2.98. The molecule has 0 bridgehead atoms. The normalized spacial score (nSPS) is 16.4. The van der Waals surface area contributed by atoms with E-state index >= 15 is 0 Å². The Hall–Kier alpha value is -2.67. The Bertz CT molecular complexity index is 704. The predicted molar refractivity (Wildman–Crippen MR) is 88.7 cm³/mol. The minimum atomic E-state index is -0.699. The molecule has 1 aliphatic rings. The number of hydrogen-bond donors (Lipinski definition) is 2. The van der Waals surface area contributed by atoms with Crippen LogP contribution in [0.5, 0.6) is 0 Å². The van der Waals surface area contributed by atoms with Gasteiger partial charge in [-0.15, -0.1) is 0 Å². The molecule has 7 heteroatoms. The first-order valence-electron chi connectivity index (χ1n) is 7.86. The molecular weight excluding hydrogens is 308 g/mol. The van der Waals surface area contributed by atoms with Crippen LogP contribution in [0, 0.1) is 0 Å². The van der Waals surface area contributed by atoms with Gasteiger partial charge >= 0.3 is 5.97 Å². The zero-order valence-corrected chi connectivity index (χ0v) is 13.5. The molecule has 3 rings (SSSR count). The summed E-state index contributed by atoms with van der Waals surface area (Å²) in [6, 6.07) is 8.47. The third-order valence-electron chi connectivity index (χ3n) is 4.36. The highest BCUT2D eigenvalue weighted by Gasteiger charge is 2.42. The number of aromatic nitrogens is 2. The lowest BCUT2D eigenvalue weighted by Crippen LogP contribution is -2.52. The summed E-state index contributed by atoms with van der Waals surface area (Å²) >= 11 is 0. The van der Waals surface area contributed by atoms with Crippen molar-refractivity contribution in [3.63, 3.8) is 0 Å². The average Bonchev–Trinajstić information content (AvgIpc) is 3.17. The van der Waals surface area contributed by atoms with Crippen molar-refractivity contribution < 1.29 is 14.3 Å². The van der Waals surface area contributed by atoms with E-state index in [0.717, 1.165) is 13.1 Å². The van der Waals surface area contributed by atoms with E-state index in [1.165, 1.54) is 7.11 Å². The number of carbonyl (C=O) groups is 2. The molecule has 1 aromatic carbocycles. The van der Waals surface area contributed by atoms with Crippen LogP contribution in [-0.4, -0.2) is 41.9 Å². The number of nitrogens with zero attached hydrogens (tertiary/aromatic N) is 2. The fourth-order valence-corrected chi connectivity index (χ4v) is 2.98. The van der Waals surface area contributed by atoms with Crippen LogP contribution >= 0.6 is 0 Å². The van der Waals surface area contributed by atoms with Gasteiger partial charge in [0.1, 0.15) is 5.54 Å². The van der Waals surface area contributed by atoms with Crippen LogP contribution in [0.4, 0.5) is 5.69 Å². The summed E-state index contributed by atoms with van der Waals surface area (Å²) in [4.78, 5) is 24.4. The number of esters is 1. The van der Waals surface area contributed by atoms with Gasteiger partial charge in [0, 0.05) is 18.1 Å². The molecule has 1 saturated heterocycles. The highest BCUT2D eigenvalue weighted by molar-refractivity contribution is 5.97. The third-order valence-corrected chi connectivity index (χ3v) is 4.36. The smallest absolute Gasteiger partial charge is 0.337 e. The molecule has 2 N–H and O–H groups in total. The van der Waals surface area contributed by atoms with Gasteiger partial charge in [0.2, 0.25) is 0 Å². The zero-order valence-electron chi connectivity index (χ0n) is 13.5. The number of hydrogen-bond acceptors (Lipinski definition) is 5. The third kappa shape index (κ3) is 3.03. The van der Waals surface area contributed by atoms with Gasteiger partial charge < -0.3 is 15.4 Å². The SMILES string of the molecule is COC(=O)c1ccc(NC(=O)C2(n3cccn3)CCNCC2)cc1. The second kappa shape index (κ2) is 6.84. The number of anilines is 1. The van der Waals surface area contributed by atoms with E-state index in [1.54, 1.807) is 35.1 Å². The summed E-state index contributed by atoms with van der Waals surface area (Å²) in [5, 5.41) is 10.5. The summed E-state index contributed by atoms with van der Waals surface area (Å²) in [5.41, 5.74) is 0.382. The molecule has 0 radical (unpaired) electrons. The number of amides is 1. The van der Waals surface area contributed by atoms with E-state index < -0.39 is 11.5 Å². The van der Waals surface area contributed by atoms with Gasteiger partial charge in [-0.05, 0) is 56.3 Å². The van der Waals surface area contributed by atoms with Crippen molar-refractivity contribution in [3.05, 3.63) is 48.3 Å². The Morgan fingerprint density at radius 2 is 1.96 bits per heavy atom. The first-order chi connectivity index (χ1) is 11.7. The summed E-state index contributed by atoms with van der Waals surface area (Å²) in [6.07, 6.45) is 4.84. The largest absolute Gasteiger partial charge is 0.465 e. The minimum Gasteiger partial charge on any atom is -0.465 e. The van der Waals surface area contributed by atoms with Crippen molar-refractivity contribution in [1.82, 2.24) is 15.1 Å². The highest BCUT2D eigenvalue weighted by atomic mass is 16.5. The number of rotatable bonds is 4. The molecule has 0 aliphatic carbocycles. The van der Waals surface area contributed by atoms with E-state index in [2.05, 4.69) is 20.5 Å². The molecule has 2 heterocycles. The van der Waals surface area contributed by atoms with Crippen LogP contribution in [0.2, 0.25) is 0 Å². The van der Waals surface area contributed by atoms with Gasteiger partial charge in [0.05, 0.1) is 12.7 Å². The molecule has 0 spiro atoms. The first kappa shape index (κ1) is 16.2. The van der Waals surface area contributed by atoms with Crippen molar-refractivity contribution in [2.24, 2.45) is 0 Å². The van der Waals surface area contributed by atoms with E-state index in [9.17, 15) is 9.59 Å². The number of methoxy groups -OCH3 is 1. The van der Waals surface area contributed by atoms with Crippen LogP contribution in [0.15, 0.2) is 42.7 Å². The number of benzene rings is 1. The lowest BCUT2D eigenvalue weighted by atomic mass is 9.87. The van der Waals surface area contributed by atoms with Crippen LogP contribution in [-0.2, 0) is 15.1 Å². The lowest BCUT2D eigenvalue weighted by Gasteiger charge is -2.36. The maximum Gasteiger partial charge on any atom is 0.337 e. The molecule has 1 aromatic heterocycles. The second-order valence-electron chi connectivity index (χ2n) is 5.76. The van der Waals surface area contributed by atoms with Crippen molar-refractivity contribution in [1.29, 1.82) is 0 Å². The number of ether oxygens (including phenoxy) is 1. The van der Waals surface area contributed by atoms with Gasteiger partial charge in [-0.3, -0.25) is 9.48 Å². The molecule has 1 fully saturated rings. The van der Waals surface area contributed by atoms with Crippen molar-refractivity contribution in [2.75, 3.05) is 25.5 Å². The van der Waals surface area contributed by atoms with Crippen LogP contribution in [0.3, 0.4) is 0 Å². The van der Waals surface area contributed by atoms with Crippen molar-refractivity contribution in [3.8, 4) is 0 Å². The molecular formula is C17H20N4O3. The van der Waals surface area contributed by atoms with Crippen LogP contribution < -0.4 is 10.6 Å². The van der Waals surface area contributed by atoms with Gasteiger partial charge in [0.25, 0.3) is 5.91 Å². The maximum atomic E-state index is 13.0. The second-order valence-corrected chi connectivity index (χ2v) is 5.76. The van der Waals surface area contributed by atoms with Gasteiger partial charge in [0.15, 0.2) is 0 Å². The number of carbonyl (C=O) groups excluding carboxylic acids is 2. The summed E-state index contributed by atoms with van der Waals surface area (Å²) in [6.45, 7) is 1.52. The molecule has 126 valence electrons. The van der Waals surface area contributed by atoms with E-state index in [1.807, 2.05) is 12.3 Å². The summed E-state index contributed by atoms with van der Waals surface area (Å²) in [7, 11) is 1.34. The van der Waals surface area contributed by atoms with Crippen LogP contribution in [0.25, 0.3) is 0 Å². The van der Waals surface area contributed by atoms with Gasteiger partial charge in [-0.1, -0.05) is 0 Å². The maximum absolute atomic E-state index is 13.0. The average molecular weight is 328 g/mol.